The molecule has 1 heterocycles. The molecule has 1 saturated heterocycles. The number of ether oxygens (including phenoxy) is 1. The van der Waals surface area contributed by atoms with Gasteiger partial charge in [-0.1, -0.05) is 6.07 Å². The van der Waals surface area contributed by atoms with E-state index in [2.05, 4.69) is 15.9 Å². The summed E-state index contributed by atoms with van der Waals surface area (Å²) in [6, 6.07) is 5.86. The molecule has 18 heavy (non-hydrogen) atoms. The van der Waals surface area contributed by atoms with E-state index in [1.165, 1.54) is 0 Å². The first-order valence-electron chi connectivity index (χ1n) is 6.02. The Bertz CT molecular complexity index is 451. The summed E-state index contributed by atoms with van der Waals surface area (Å²) in [6.45, 7) is 1.38. The van der Waals surface area contributed by atoms with Gasteiger partial charge < -0.3 is 15.4 Å². The topological polar surface area (TPSA) is 55.6 Å². The first-order chi connectivity index (χ1) is 8.61. The first kappa shape index (κ1) is 13.4. The van der Waals surface area contributed by atoms with Crippen molar-refractivity contribution in [2.75, 3.05) is 20.1 Å². The first-order valence-corrected chi connectivity index (χ1v) is 6.81. The van der Waals surface area contributed by atoms with Gasteiger partial charge in [-0.3, -0.25) is 4.79 Å². The molecule has 1 unspecified atom stereocenters. The highest BCUT2D eigenvalue weighted by molar-refractivity contribution is 9.10. The summed E-state index contributed by atoms with van der Waals surface area (Å²) in [4.78, 5) is 13.5. The maximum Gasteiger partial charge on any atom is 0.263 e. The Morgan fingerprint density at radius 3 is 2.89 bits per heavy atom. The molecule has 0 saturated carbocycles. The van der Waals surface area contributed by atoms with Crippen LogP contribution in [0.1, 0.15) is 12.0 Å². The van der Waals surface area contributed by atoms with Crippen molar-refractivity contribution in [1.29, 1.82) is 0 Å². The second-order valence-corrected chi connectivity index (χ2v) is 5.31. The molecule has 1 aliphatic rings. The summed E-state index contributed by atoms with van der Waals surface area (Å²) < 4.78 is 6.62. The minimum atomic E-state index is -0.355. The number of hydrogen-bond donors (Lipinski definition) is 1. The van der Waals surface area contributed by atoms with Crippen molar-refractivity contribution >= 4 is 21.8 Å². The van der Waals surface area contributed by atoms with Gasteiger partial charge in [0.1, 0.15) is 5.75 Å². The zero-order valence-corrected chi connectivity index (χ0v) is 11.9. The Morgan fingerprint density at radius 2 is 2.33 bits per heavy atom. The monoisotopic (exact) mass is 312 g/mol. The lowest BCUT2D eigenvalue weighted by atomic mass is 10.1. The van der Waals surface area contributed by atoms with Crippen LogP contribution in [0.25, 0.3) is 0 Å². The van der Waals surface area contributed by atoms with Crippen LogP contribution in [0.5, 0.6) is 5.75 Å². The molecule has 1 amide bonds. The zero-order chi connectivity index (χ0) is 13.1. The van der Waals surface area contributed by atoms with E-state index in [1.54, 1.807) is 11.9 Å². The van der Waals surface area contributed by atoms with E-state index in [9.17, 15) is 4.79 Å². The fourth-order valence-corrected chi connectivity index (χ4v) is 2.53. The molecular weight excluding hydrogens is 296 g/mol. The standard InChI is InChI=1S/C13H17BrN2O2/c1-16-7-5-12(13(16)17)18-11-3-2-9(4-6-15)8-10(11)14/h2-3,8,12H,4-7,15H2,1H3. The number of likely N-dealkylation sites (tertiary alicyclic amines) is 1. The van der Waals surface area contributed by atoms with Gasteiger partial charge in [0.15, 0.2) is 6.10 Å². The smallest absolute Gasteiger partial charge is 0.263 e. The third kappa shape index (κ3) is 2.84. The molecule has 98 valence electrons. The van der Waals surface area contributed by atoms with Gasteiger partial charge in [-0.05, 0) is 46.6 Å². The SMILES string of the molecule is CN1CCC(Oc2ccc(CCN)cc2Br)C1=O. The van der Waals surface area contributed by atoms with Gasteiger partial charge in [0.25, 0.3) is 5.91 Å². The Labute approximate surface area is 115 Å². The Balaban J connectivity index is 2.08. The van der Waals surface area contributed by atoms with Crippen LogP contribution in [0.15, 0.2) is 22.7 Å². The molecule has 1 aromatic rings. The van der Waals surface area contributed by atoms with E-state index in [4.69, 9.17) is 10.5 Å². The van der Waals surface area contributed by atoms with E-state index in [-0.39, 0.29) is 12.0 Å². The number of amides is 1. The molecule has 0 radical (unpaired) electrons. The molecule has 0 aromatic heterocycles. The minimum Gasteiger partial charge on any atom is -0.479 e. The van der Waals surface area contributed by atoms with E-state index in [1.807, 2.05) is 18.2 Å². The van der Waals surface area contributed by atoms with Crippen molar-refractivity contribution in [2.24, 2.45) is 5.73 Å². The lowest BCUT2D eigenvalue weighted by Gasteiger charge is -2.14. The van der Waals surface area contributed by atoms with Crippen LogP contribution in [0.2, 0.25) is 0 Å². The van der Waals surface area contributed by atoms with Gasteiger partial charge in [0.05, 0.1) is 4.47 Å². The third-order valence-corrected chi connectivity index (χ3v) is 3.70. The number of rotatable bonds is 4. The highest BCUT2D eigenvalue weighted by atomic mass is 79.9. The van der Waals surface area contributed by atoms with Gasteiger partial charge in [-0.2, -0.15) is 0 Å². The molecule has 1 aliphatic heterocycles. The van der Waals surface area contributed by atoms with Crippen LogP contribution in [-0.2, 0) is 11.2 Å². The molecule has 1 fully saturated rings. The summed E-state index contributed by atoms with van der Waals surface area (Å²) in [5.74, 6) is 0.761. The maximum atomic E-state index is 11.8. The number of halogens is 1. The number of carbonyl (C=O) groups is 1. The summed E-state index contributed by atoms with van der Waals surface area (Å²) in [7, 11) is 1.80. The third-order valence-electron chi connectivity index (χ3n) is 3.08. The molecule has 4 nitrogen and oxygen atoms in total. The molecular formula is C13H17BrN2O2. The van der Waals surface area contributed by atoms with Crippen LogP contribution >= 0.6 is 15.9 Å². The van der Waals surface area contributed by atoms with Crippen molar-refractivity contribution < 1.29 is 9.53 Å². The quantitative estimate of drug-likeness (QED) is 0.918. The highest BCUT2D eigenvalue weighted by Gasteiger charge is 2.31. The molecule has 1 atom stereocenters. The van der Waals surface area contributed by atoms with Crippen molar-refractivity contribution in [3.8, 4) is 5.75 Å². The predicted octanol–water partition coefficient (Wildman–Crippen LogP) is 1.56. The predicted molar refractivity (Wildman–Crippen MR) is 73.6 cm³/mol. The molecule has 5 heteroatoms. The van der Waals surface area contributed by atoms with Crippen LogP contribution in [0.3, 0.4) is 0 Å². The van der Waals surface area contributed by atoms with Gasteiger partial charge in [0.2, 0.25) is 0 Å². The van der Waals surface area contributed by atoms with Gasteiger partial charge in [-0.25, -0.2) is 0 Å². The average molecular weight is 313 g/mol. The van der Waals surface area contributed by atoms with Crippen LogP contribution in [-0.4, -0.2) is 37.0 Å². The highest BCUT2D eigenvalue weighted by Crippen LogP contribution is 2.28. The van der Waals surface area contributed by atoms with Gasteiger partial charge in [-0.15, -0.1) is 0 Å². The maximum absolute atomic E-state index is 11.8. The second-order valence-electron chi connectivity index (χ2n) is 4.46. The summed E-state index contributed by atoms with van der Waals surface area (Å²) in [6.07, 6.45) is 1.22. The molecule has 2 N–H and O–H groups in total. The molecule has 1 aromatic carbocycles. The zero-order valence-electron chi connectivity index (χ0n) is 10.4. The number of nitrogens with zero attached hydrogens (tertiary/aromatic N) is 1. The molecule has 2 rings (SSSR count). The lowest BCUT2D eigenvalue weighted by Crippen LogP contribution is -2.29. The number of carbonyl (C=O) groups excluding carboxylic acids is 1. The Kier molecular flexibility index (Phi) is 4.24. The molecule has 0 bridgehead atoms. The second kappa shape index (κ2) is 5.71. The Morgan fingerprint density at radius 1 is 1.56 bits per heavy atom. The number of likely N-dealkylation sites (N-methyl/N-ethyl adjacent to an activating group) is 1. The largest absolute Gasteiger partial charge is 0.479 e. The number of benzene rings is 1. The van der Waals surface area contributed by atoms with Crippen LogP contribution in [0, 0.1) is 0 Å². The molecule has 0 spiro atoms. The van der Waals surface area contributed by atoms with Crippen molar-refractivity contribution in [2.45, 2.75) is 18.9 Å². The fourth-order valence-electron chi connectivity index (χ4n) is 2.02. The van der Waals surface area contributed by atoms with E-state index in [0.717, 1.165) is 29.4 Å². The normalized spacial score (nSPS) is 19.4. The average Bonchev–Trinajstić information content (AvgIpc) is 2.65. The van der Waals surface area contributed by atoms with E-state index in [0.29, 0.717) is 12.3 Å². The lowest BCUT2D eigenvalue weighted by molar-refractivity contribution is -0.132. The van der Waals surface area contributed by atoms with Crippen molar-refractivity contribution in [1.82, 2.24) is 4.90 Å². The number of hydrogen-bond acceptors (Lipinski definition) is 3. The Hall–Kier alpha value is -1.07. The summed E-state index contributed by atoms with van der Waals surface area (Å²) in [5.41, 5.74) is 6.68. The number of nitrogens with two attached hydrogens (primary N) is 1. The van der Waals surface area contributed by atoms with Gasteiger partial charge >= 0.3 is 0 Å². The van der Waals surface area contributed by atoms with Crippen LogP contribution in [0.4, 0.5) is 0 Å². The molecule has 0 aliphatic carbocycles. The van der Waals surface area contributed by atoms with Crippen LogP contribution < -0.4 is 10.5 Å². The minimum absolute atomic E-state index is 0.0490. The fraction of sp³-hybridized carbons (Fsp3) is 0.462. The summed E-state index contributed by atoms with van der Waals surface area (Å²) >= 11 is 3.47. The van der Waals surface area contributed by atoms with Crippen molar-refractivity contribution in [3.05, 3.63) is 28.2 Å². The van der Waals surface area contributed by atoms with Gasteiger partial charge in [0, 0.05) is 20.0 Å². The van der Waals surface area contributed by atoms with E-state index < -0.39 is 0 Å². The van der Waals surface area contributed by atoms with E-state index >= 15 is 0 Å². The summed E-state index contributed by atoms with van der Waals surface area (Å²) in [5, 5.41) is 0. The van der Waals surface area contributed by atoms with Crippen molar-refractivity contribution in [3.63, 3.8) is 0 Å².